The molecule has 2 aromatic rings. The van der Waals surface area contributed by atoms with Crippen molar-refractivity contribution in [2.24, 2.45) is 10.9 Å². The van der Waals surface area contributed by atoms with Gasteiger partial charge in [-0.1, -0.05) is 35.4 Å². The fourth-order valence-corrected chi connectivity index (χ4v) is 3.14. The van der Waals surface area contributed by atoms with E-state index in [4.69, 9.17) is 0 Å². The Bertz CT molecular complexity index is 940. The summed E-state index contributed by atoms with van der Waals surface area (Å²) in [6, 6.07) is 11.7. The Kier molecular flexibility index (Phi) is 4.79. The molecule has 1 heterocycles. The molecule has 25 heavy (non-hydrogen) atoms. The quantitative estimate of drug-likeness (QED) is 0.929. The summed E-state index contributed by atoms with van der Waals surface area (Å²) in [4.78, 5) is 28.7. The standard InChI is InChI=1S/C21H22N2O2/c1-13-4-5-16-12-17(21(25)23-19(16)11-13)6-7-22-20(24)18-9-14(2)8-15(3)10-18/h4-5,8-12,17H,6-7H2,1-3H3,(H,22,24). The lowest BCUT2D eigenvalue weighted by Gasteiger charge is -2.13. The van der Waals surface area contributed by atoms with Gasteiger partial charge in [-0.25, -0.2) is 4.99 Å². The lowest BCUT2D eigenvalue weighted by molar-refractivity contribution is -0.120. The van der Waals surface area contributed by atoms with E-state index in [1.165, 1.54) is 0 Å². The molecule has 1 unspecified atom stereocenters. The molecule has 0 aromatic heterocycles. The van der Waals surface area contributed by atoms with E-state index >= 15 is 0 Å². The summed E-state index contributed by atoms with van der Waals surface area (Å²) < 4.78 is 0. The highest BCUT2D eigenvalue weighted by molar-refractivity contribution is 5.94. The van der Waals surface area contributed by atoms with Gasteiger partial charge in [0, 0.05) is 12.1 Å². The molecule has 0 saturated heterocycles. The van der Waals surface area contributed by atoms with Gasteiger partial charge in [0.25, 0.3) is 11.8 Å². The van der Waals surface area contributed by atoms with Crippen molar-refractivity contribution in [1.82, 2.24) is 5.32 Å². The Hall–Kier alpha value is -2.75. The van der Waals surface area contributed by atoms with Gasteiger partial charge < -0.3 is 5.32 Å². The van der Waals surface area contributed by atoms with E-state index in [1.807, 2.05) is 63.2 Å². The van der Waals surface area contributed by atoms with Gasteiger partial charge in [-0.05, 0) is 56.2 Å². The molecule has 4 heteroatoms. The van der Waals surface area contributed by atoms with E-state index in [-0.39, 0.29) is 17.7 Å². The third-order valence-electron chi connectivity index (χ3n) is 4.34. The zero-order chi connectivity index (χ0) is 18.0. The summed E-state index contributed by atoms with van der Waals surface area (Å²) in [5.41, 5.74) is 3.86. The number of rotatable bonds is 4. The van der Waals surface area contributed by atoms with Crippen molar-refractivity contribution < 1.29 is 9.59 Å². The molecule has 0 bridgehead atoms. The van der Waals surface area contributed by atoms with Crippen LogP contribution in [0, 0.1) is 26.7 Å². The van der Waals surface area contributed by atoms with Crippen LogP contribution < -0.4 is 15.9 Å². The molecule has 0 saturated carbocycles. The van der Waals surface area contributed by atoms with Crippen molar-refractivity contribution in [1.29, 1.82) is 0 Å². The highest BCUT2D eigenvalue weighted by atomic mass is 16.2. The maximum absolute atomic E-state index is 12.3. The van der Waals surface area contributed by atoms with Crippen LogP contribution in [0.1, 0.15) is 33.5 Å². The van der Waals surface area contributed by atoms with Crippen molar-refractivity contribution in [2.75, 3.05) is 6.54 Å². The summed E-state index contributed by atoms with van der Waals surface area (Å²) in [5.74, 6) is -0.531. The molecular formula is C21H22N2O2. The molecule has 2 aromatic carbocycles. The number of fused-ring (bicyclic) bond motifs is 1. The van der Waals surface area contributed by atoms with Crippen molar-refractivity contribution in [3.8, 4) is 0 Å². The molecule has 128 valence electrons. The van der Waals surface area contributed by atoms with Crippen LogP contribution in [0.4, 0.5) is 0 Å². The molecule has 3 rings (SSSR count). The molecule has 0 fully saturated rings. The van der Waals surface area contributed by atoms with Crippen LogP contribution in [0.15, 0.2) is 41.4 Å². The molecule has 0 aliphatic carbocycles. The summed E-state index contributed by atoms with van der Waals surface area (Å²) in [6.45, 7) is 6.37. The van der Waals surface area contributed by atoms with Gasteiger partial charge in [0.1, 0.15) is 0 Å². The first-order valence-electron chi connectivity index (χ1n) is 8.50. The molecule has 2 amide bonds. The predicted molar refractivity (Wildman–Crippen MR) is 97.8 cm³/mol. The van der Waals surface area contributed by atoms with Crippen LogP contribution in [0.3, 0.4) is 0 Å². The maximum atomic E-state index is 12.3. The third kappa shape index (κ3) is 4.02. The maximum Gasteiger partial charge on any atom is 0.253 e. The number of aryl methyl sites for hydroxylation is 3. The SMILES string of the molecule is Cc1cc(C)cc(C(=O)NCCC2C=c3ccc(C)cc3=NC2=O)c1. The zero-order valence-corrected chi connectivity index (χ0v) is 14.8. The van der Waals surface area contributed by atoms with E-state index in [0.717, 1.165) is 27.3 Å². The number of nitrogens with one attached hydrogen (secondary N) is 1. The van der Waals surface area contributed by atoms with Gasteiger partial charge in [-0.3, -0.25) is 9.59 Å². The van der Waals surface area contributed by atoms with Crippen LogP contribution in [0.5, 0.6) is 0 Å². The third-order valence-corrected chi connectivity index (χ3v) is 4.34. The molecule has 0 spiro atoms. The Labute approximate surface area is 147 Å². The molecular weight excluding hydrogens is 312 g/mol. The molecule has 1 N–H and O–H groups in total. The summed E-state index contributed by atoms with van der Waals surface area (Å²) >= 11 is 0. The van der Waals surface area contributed by atoms with Crippen LogP contribution in [-0.4, -0.2) is 18.4 Å². The van der Waals surface area contributed by atoms with E-state index in [2.05, 4.69) is 10.3 Å². The average Bonchev–Trinajstić information content (AvgIpc) is 2.54. The number of hydrogen-bond donors (Lipinski definition) is 1. The van der Waals surface area contributed by atoms with Crippen molar-refractivity contribution in [2.45, 2.75) is 27.2 Å². The number of benzene rings is 2. The minimum absolute atomic E-state index is 0.108. The Morgan fingerprint density at radius 1 is 1.04 bits per heavy atom. The van der Waals surface area contributed by atoms with Crippen LogP contribution in [-0.2, 0) is 4.79 Å². The monoisotopic (exact) mass is 334 g/mol. The van der Waals surface area contributed by atoms with E-state index < -0.39 is 0 Å². The van der Waals surface area contributed by atoms with E-state index in [1.54, 1.807) is 0 Å². The smallest absolute Gasteiger partial charge is 0.253 e. The topological polar surface area (TPSA) is 58.5 Å². The van der Waals surface area contributed by atoms with Gasteiger partial charge in [-0.2, -0.15) is 0 Å². The zero-order valence-electron chi connectivity index (χ0n) is 14.8. The first-order chi connectivity index (χ1) is 11.9. The van der Waals surface area contributed by atoms with Gasteiger partial charge in [0.05, 0.1) is 11.3 Å². The van der Waals surface area contributed by atoms with Gasteiger partial charge in [-0.15, -0.1) is 0 Å². The second-order valence-electron chi connectivity index (χ2n) is 6.71. The van der Waals surface area contributed by atoms with E-state index in [0.29, 0.717) is 18.5 Å². The highest BCUT2D eigenvalue weighted by Crippen LogP contribution is 2.11. The summed E-state index contributed by atoms with van der Waals surface area (Å²) in [6.07, 6.45) is 2.50. The minimum Gasteiger partial charge on any atom is -0.352 e. The van der Waals surface area contributed by atoms with Crippen molar-refractivity contribution >= 4 is 17.9 Å². The Balaban J connectivity index is 1.65. The highest BCUT2D eigenvalue weighted by Gasteiger charge is 2.18. The molecule has 1 aliphatic rings. The van der Waals surface area contributed by atoms with Crippen molar-refractivity contribution in [3.05, 3.63) is 69.2 Å². The molecule has 1 atom stereocenters. The normalized spacial score (nSPS) is 15.8. The number of amides is 2. The van der Waals surface area contributed by atoms with Gasteiger partial charge in [0.15, 0.2) is 0 Å². The second-order valence-corrected chi connectivity index (χ2v) is 6.71. The molecule has 1 aliphatic heterocycles. The Morgan fingerprint density at radius 2 is 1.76 bits per heavy atom. The fraction of sp³-hybridized carbons (Fsp3) is 0.286. The average molecular weight is 334 g/mol. The first kappa shape index (κ1) is 17.1. The van der Waals surface area contributed by atoms with Gasteiger partial charge in [0.2, 0.25) is 0 Å². The lowest BCUT2D eigenvalue weighted by Crippen LogP contribution is -2.35. The number of nitrogens with zero attached hydrogens (tertiary/aromatic N) is 1. The summed E-state index contributed by atoms with van der Waals surface area (Å²) in [7, 11) is 0. The minimum atomic E-state index is -0.283. The van der Waals surface area contributed by atoms with E-state index in [9.17, 15) is 9.59 Å². The fourth-order valence-electron chi connectivity index (χ4n) is 3.14. The predicted octanol–water partition coefficient (Wildman–Crippen LogP) is 1.99. The van der Waals surface area contributed by atoms with Crippen molar-refractivity contribution in [3.63, 3.8) is 0 Å². The van der Waals surface area contributed by atoms with Crippen LogP contribution >= 0.6 is 0 Å². The second kappa shape index (κ2) is 7.01. The first-order valence-corrected chi connectivity index (χ1v) is 8.50. The molecule has 4 nitrogen and oxygen atoms in total. The Morgan fingerprint density at radius 3 is 2.48 bits per heavy atom. The number of hydrogen-bond acceptors (Lipinski definition) is 2. The largest absolute Gasteiger partial charge is 0.352 e. The molecule has 0 radical (unpaired) electrons. The summed E-state index contributed by atoms with van der Waals surface area (Å²) in [5, 5.41) is 4.62. The lowest BCUT2D eigenvalue weighted by atomic mass is 9.99. The van der Waals surface area contributed by atoms with Gasteiger partial charge >= 0.3 is 0 Å². The van der Waals surface area contributed by atoms with Crippen LogP contribution in [0.25, 0.3) is 6.08 Å². The number of carbonyl (C=O) groups is 2. The van der Waals surface area contributed by atoms with Crippen LogP contribution in [0.2, 0.25) is 0 Å². The number of carbonyl (C=O) groups excluding carboxylic acids is 2.